The molecule has 0 aliphatic heterocycles. The summed E-state index contributed by atoms with van der Waals surface area (Å²) in [5, 5.41) is 8.48. The fraction of sp³-hybridized carbons (Fsp3) is 0.750. The molecule has 0 aromatic carbocycles. The number of allylic oxidation sites excluding steroid dienone is 4. The summed E-state index contributed by atoms with van der Waals surface area (Å²) >= 11 is 5.91. The van der Waals surface area contributed by atoms with Crippen LogP contribution in [0.2, 0.25) is 0 Å². The third-order valence-electron chi connectivity index (χ3n) is 3.89. The molecule has 1 atom stereocenters. The summed E-state index contributed by atoms with van der Waals surface area (Å²) < 4.78 is 0. The van der Waals surface area contributed by atoms with Crippen molar-refractivity contribution in [2.75, 3.05) is 5.88 Å². The Hall–Kier alpha value is -0.560. The van der Waals surface area contributed by atoms with E-state index >= 15 is 0 Å². The Balaban J connectivity index is 5.47. The van der Waals surface area contributed by atoms with Gasteiger partial charge in [-0.1, -0.05) is 58.8 Å². The van der Waals surface area contributed by atoms with Crippen molar-refractivity contribution in [1.82, 2.24) is 0 Å². The van der Waals surface area contributed by atoms with E-state index in [1.165, 1.54) is 11.1 Å². The van der Waals surface area contributed by atoms with Gasteiger partial charge in [-0.3, -0.25) is 0 Å². The van der Waals surface area contributed by atoms with Crippen molar-refractivity contribution < 1.29 is 0 Å². The lowest BCUT2D eigenvalue weighted by Crippen LogP contribution is -2.17. The lowest BCUT2D eigenvalue weighted by atomic mass is 9.83. The standard InChI is InChI=1S/C20H36ClN/c1-7-10-19(22)18(11-9-14-21)17(15-16(3)8-2)12-13-20(4,5)6/h12,15,18,22H,7-11,13-14H2,1-6H3/b16-15+,17-12+,22-19?. The molecular formula is C20H36ClN. The average Bonchev–Trinajstić information content (AvgIpc) is 2.43. The van der Waals surface area contributed by atoms with Crippen LogP contribution < -0.4 is 0 Å². The molecule has 0 amide bonds. The molecule has 0 heterocycles. The van der Waals surface area contributed by atoms with Crippen LogP contribution in [0.15, 0.2) is 23.3 Å². The predicted octanol–water partition coefficient (Wildman–Crippen LogP) is 7.16. The van der Waals surface area contributed by atoms with E-state index in [1.54, 1.807) is 0 Å². The van der Waals surface area contributed by atoms with E-state index < -0.39 is 0 Å². The highest BCUT2D eigenvalue weighted by atomic mass is 35.5. The molecule has 0 aliphatic rings. The predicted molar refractivity (Wildman–Crippen MR) is 102 cm³/mol. The van der Waals surface area contributed by atoms with Crippen molar-refractivity contribution in [2.24, 2.45) is 11.3 Å². The number of hydrogen-bond donors (Lipinski definition) is 1. The molecule has 0 fully saturated rings. The maximum Gasteiger partial charge on any atom is 0.0223 e. The zero-order chi connectivity index (χ0) is 17.2. The second-order valence-electron chi connectivity index (χ2n) is 7.47. The van der Waals surface area contributed by atoms with Crippen LogP contribution in [0.3, 0.4) is 0 Å². The van der Waals surface area contributed by atoms with Crippen LogP contribution >= 0.6 is 11.6 Å². The van der Waals surface area contributed by atoms with E-state index in [-0.39, 0.29) is 11.3 Å². The largest absolute Gasteiger partial charge is 0.309 e. The highest BCUT2D eigenvalue weighted by molar-refractivity contribution is 6.17. The van der Waals surface area contributed by atoms with Crippen LogP contribution in [-0.2, 0) is 0 Å². The Kier molecular flexibility index (Phi) is 10.8. The van der Waals surface area contributed by atoms with Crippen LogP contribution in [0.4, 0.5) is 0 Å². The van der Waals surface area contributed by atoms with Gasteiger partial charge in [-0.15, -0.1) is 11.6 Å². The first-order chi connectivity index (χ1) is 10.2. The maximum absolute atomic E-state index is 8.48. The van der Waals surface area contributed by atoms with E-state index in [1.807, 2.05) is 0 Å². The van der Waals surface area contributed by atoms with Gasteiger partial charge in [0.25, 0.3) is 0 Å². The molecule has 0 saturated carbocycles. The van der Waals surface area contributed by atoms with E-state index in [2.05, 4.69) is 53.7 Å². The summed E-state index contributed by atoms with van der Waals surface area (Å²) in [5.74, 6) is 0.918. The summed E-state index contributed by atoms with van der Waals surface area (Å²) in [5.41, 5.74) is 3.87. The van der Waals surface area contributed by atoms with Gasteiger partial charge in [0.05, 0.1) is 0 Å². The lowest BCUT2D eigenvalue weighted by molar-refractivity contribution is 0.418. The Morgan fingerprint density at radius 1 is 1.23 bits per heavy atom. The molecule has 0 aromatic heterocycles. The second kappa shape index (κ2) is 11.0. The molecule has 0 aromatic rings. The van der Waals surface area contributed by atoms with Gasteiger partial charge in [0, 0.05) is 17.5 Å². The molecule has 0 saturated heterocycles. The van der Waals surface area contributed by atoms with Gasteiger partial charge in [-0.2, -0.15) is 0 Å². The monoisotopic (exact) mass is 325 g/mol. The maximum atomic E-state index is 8.48. The first kappa shape index (κ1) is 21.4. The van der Waals surface area contributed by atoms with Gasteiger partial charge >= 0.3 is 0 Å². The van der Waals surface area contributed by atoms with Crippen LogP contribution in [0.1, 0.15) is 80.1 Å². The fourth-order valence-corrected chi connectivity index (χ4v) is 2.53. The fourth-order valence-electron chi connectivity index (χ4n) is 2.38. The third-order valence-corrected chi connectivity index (χ3v) is 4.16. The molecule has 2 heteroatoms. The zero-order valence-electron chi connectivity index (χ0n) is 15.6. The third kappa shape index (κ3) is 9.46. The van der Waals surface area contributed by atoms with E-state index in [0.717, 1.165) is 44.2 Å². The van der Waals surface area contributed by atoms with Gasteiger partial charge in [0.2, 0.25) is 0 Å². The zero-order valence-corrected chi connectivity index (χ0v) is 16.3. The summed E-state index contributed by atoms with van der Waals surface area (Å²) in [6.07, 6.45) is 10.7. The Bertz CT molecular complexity index is 385. The first-order valence-corrected chi connectivity index (χ1v) is 9.29. The quantitative estimate of drug-likeness (QED) is 0.250. The molecule has 0 bridgehead atoms. The highest BCUT2D eigenvalue weighted by Crippen LogP contribution is 2.28. The van der Waals surface area contributed by atoms with Crippen LogP contribution in [0.5, 0.6) is 0 Å². The van der Waals surface area contributed by atoms with Crippen LogP contribution in [0.25, 0.3) is 0 Å². The van der Waals surface area contributed by atoms with Crippen molar-refractivity contribution in [3.8, 4) is 0 Å². The van der Waals surface area contributed by atoms with Crippen LogP contribution in [0, 0.1) is 16.7 Å². The Morgan fingerprint density at radius 2 is 1.86 bits per heavy atom. The van der Waals surface area contributed by atoms with Crippen LogP contribution in [-0.4, -0.2) is 11.6 Å². The van der Waals surface area contributed by atoms with E-state index in [4.69, 9.17) is 17.0 Å². The first-order valence-electron chi connectivity index (χ1n) is 8.75. The molecule has 22 heavy (non-hydrogen) atoms. The molecule has 1 nitrogen and oxygen atoms in total. The van der Waals surface area contributed by atoms with Gasteiger partial charge in [-0.25, -0.2) is 0 Å². The Labute approximate surface area is 143 Å². The minimum Gasteiger partial charge on any atom is -0.309 e. The van der Waals surface area contributed by atoms with Crippen molar-refractivity contribution in [1.29, 1.82) is 5.41 Å². The lowest BCUT2D eigenvalue weighted by Gasteiger charge is -2.22. The highest BCUT2D eigenvalue weighted by Gasteiger charge is 2.18. The van der Waals surface area contributed by atoms with Gasteiger partial charge in [-0.05, 0) is 50.0 Å². The smallest absolute Gasteiger partial charge is 0.0223 e. The van der Waals surface area contributed by atoms with Crippen molar-refractivity contribution in [3.63, 3.8) is 0 Å². The number of nitrogens with one attached hydrogen (secondary N) is 1. The minimum atomic E-state index is 0.238. The van der Waals surface area contributed by atoms with Crippen molar-refractivity contribution in [3.05, 3.63) is 23.3 Å². The topological polar surface area (TPSA) is 23.9 Å². The molecule has 128 valence electrons. The molecular weight excluding hydrogens is 290 g/mol. The van der Waals surface area contributed by atoms with Crippen molar-refractivity contribution >= 4 is 17.3 Å². The molecule has 0 aliphatic carbocycles. The normalized spacial score (nSPS) is 15.0. The Morgan fingerprint density at radius 3 is 2.32 bits per heavy atom. The summed E-state index contributed by atoms with van der Waals surface area (Å²) in [6, 6.07) is 0. The van der Waals surface area contributed by atoms with E-state index in [0.29, 0.717) is 5.88 Å². The average molecular weight is 326 g/mol. The molecule has 0 rings (SSSR count). The molecule has 0 spiro atoms. The number of halogens is 1. The summed E-state index contributed by atoms with van der Waals surface area (Å²) in [4.78, 5) is 0. The molecule has 1 N–H and O–H groups in total. The number of alkyl halides is 1. The van der Waals surface area contributed by atoms with Crippen molar-refractivity contribution in [2.45, 2.75) is 80.1 Å². The molecule has 1 unspecified atom stereocenters. The van der Waals surface area contributed by atoms with Gasteiger partial charge < -0.3 is 5.41 Å². The number of hydrogen-bond acceptors (Lipinski definition) is 1. The van der Waals surface area contributed by atoms with E-state index in [9.17, 15) is 0 Å². The van der Waals surface area contributed by atoms with Gasteiger partial charge in [0.15, 0.2) is 0 Å². The summed E-state index contributed by atoms with van der Waals surface area (Å²) in [7, 11) is 0. The number of rotatable bonds is 10. The summed E-state index contributed by atoms with van der Waals surface area (Å²) in [6.45, 7) is 13.3. The minimum absolute atomic E-state index is 0.238. The SMILES string of the molecule is CCCC(=N)C(CCCCl)C(/C=C(\C)CC)=C/CC(C)(C)C. The second-order valence-corrected chi connectivity index (χ2v) is 7.85. The molecule has 0 radical (unpaired) electrons. The van der Waals surface area contributed by atoms with Gasteiger partial charge in [0.1, 0.15) is 0 Å².